The lowest BCUT2D eigenvalue weighted by atomic mass is 9.95. The van der Waals surface area contributed by atoms with Crippen molar-refractivity contribution >= 4 is 28.9 Å². The predicted molar refractivity (Wildman–Crippen MR) is 94.0 cm³/mol. The number of hydrogen-bond donors (Lipinski definition) is 1. The number of halogens is 1. The van der Waals surface area contributed by atoms with E-state index < -0.39 is 0 Å². The number of hydrogen-bond acceptors (Lipinski definition) is 3. The third-order valence-corrected chi connectivity index (χ3v) is 4.59. The molecule has 1 amide bonds. The zero-order valence-electron chi connectivity index (χ0n) is 13.1. The molecule has 0 atom stereocenters. The minimum Gasteiger partial charge on any atom is -0.371 e. The van der Waals surface area contributed by atoms with Crippen molar-refractivity contribution in [2.75, 3.05) is 23.3 Å². The lowest BCUT2D eigenvalue weighted by Crippen LogP contribution is -2.38. The molecule has 1 aromatic heterocycles. The summed E-state index contributed by atoms with van der Waals surface area (Å²) in [6, 6.07) is 9.58. The molecule has 0 unspecified atom stereocenters. The Morgan fingerprint density at radius 1 is 1.22 bits per heavy atom. The summed E-state index contributed by atoms with van der Waals surface area (Å²) in [6.07, 6.45) is 5.31. The molecule has 3 rings (SSSR count). The number of piperidine rings is 1. The summed E-state index contributed by atoms with van der Waals surface area (Å²) in [7, 11) is 0. The van der Waals surface area contributed by atoms with Gasteiger partial charge in [-0.2, -0.15) is 0 Å². The molecule has 23 heavy (non-hydrogen) atoms. The van der Waals surface area contributed by atoms with Gasteiger partial charge in [0.15, 0.2) is 0 Å². The van der Waals surface area contributed by atoms with Gasteiger partial charge in [-0.15, -0.1) is 0 Å². The highest BCUT2D eigenvalue weighted by atomic mass is 35.5. The summed E-state index contributed by atoms with van der Waals surface area (Å²) in [6.45, 7) is 3.74. The molecule has 5 heteroatoms. The van der Waals surface area contributed by atoms with Crippen molar-refractivity contribution in [3.63, 3.8) is 0 Å². The molecular formula is C18H20ClN3O. The number of nitrogens with one attached hydrogen (secondary N) is 1. The molecule has 1 N–H and O–H groups in total. The monoisotopic (exact) mass is 329 g/mol. The minimum atomic E-state index is 0.0477. The van der Waals surface area contributed by atoms with Gasteiger partial charge in [-0.1, -0.05) is 17.7 Å². The largest absolute Gasteiger partial charge is 0.371 e. The van der Waals surface area contributed by atoms with Gasteiger partial charge in [-0.05, 0) is 49.6 Å². The van der Waals surface area contributed by atoms with Crippen molar-refractivity contribution in [3.05, 3.63) is 53.3 Å². The van der Waals surface area contributed by atoms with Gasteiger partial charge >= 0.3 is 0 Å². The first-order valence-electron chi connectivity index (χ1n) is 7.85. The lowest BCUT2D eigenvalue weighted by molar-refractivity contribution is -0.120. The second kappa shape index (κ2) is 7.01. The maximum atomic E-state index is 12.5. The Labute approximate surface area is 141 Å². The highest BCUT2D eigenvalue weighted by Gasteiger charge is 2.25. The van der Waals surface area contributed by atoms with Crippen LogP contribution in [0.25, 0.3) is 0 Å². The number of aryl methyl sites for hydroxylation is 1. The number of anilines is 2. The van der Waals surface area contributed by atoms with E-state index in [4.69, 9.17) is 11.6 Å². The van der Waals surface area contributed by atoms with Crippen LogP contribution in [0.15, 0.2) is 42.7 Å². The SMILES string of the molecule is Cc1ccc(Cl)cc1NC(=O)C1CCN(c2ccncc2)CC1. The molecule has 0 spiro atoms. The van der Waals surface area contributed by atoms with Crippen LogP contribution in [0.5, 0.6) is 0 Å². The van der Waals surface area contributed by atoms with Crippen molar-refractivity contribution in [1.29, 1.82) is 0 Å². The van der Waals surface area contributed by atoms with E-state index in [1.54, 1.807) is 18.5 Å². The van der Waals surface area contributed by atoms with Gasteiger partial charge in [-0.3, -0.25) is 9.78 Å². The third-order valence-electron chi connectivity index (χ3n) is 4.35. The van der Waals surface area contributed by atoms with Crippen LogP contribution in [0, 0.1) is 12.8 Å². The number of aromatic nitrogens is 1. The summed E-state index contributed by atoms with van der Waals surface area (Å²) < 4.78 is 0. The average molecular weight is 330 g/mol. The van der Waals surface area contributed by atoms with Gasteiger partial charge < -0.3 is 10.2 Å². The molecule has 2 aromatic rings. The molecule has 0 radical (unpaired) electrons. The van der Waals surface area contributed by atoms with E-state index in [9.17, 15) is 4.79 Å². The first-order valence-corrected chi connectivity index (χ1v) is 8.23. The summed E-state index contributed by atoms with van der Waals surface area (Å²) in [5, 5.41) is 3.66. The molecule has 1 aromatic carbocycles. The molecule has 1 aliphatic heterocycles. The Morgan fingerprint density at radius 2 is 1.91 bits per heavy atom. The van der Waals surface area contributed by atoms with Gasteiger partial charge in [-0.25, -0.2) is 0 Å². The van der Waals surface area contributed by atoms with Gasteiger partial charge in [0.1, 0.15) is 0 Å². The molecule has 0 aliphatic carbocycles. The molecule has 2 heterocycles. The number of benzene rings is 1. The van der Waals surface area contributed by atoms with Gasteiger partial charge in [0.2, 0.25) is 5.91 Å². The summed E-state index contributed by atoms with van der Waals surface area (Å²) in [5.74, 6) is 0.135. The summed E-state index contributed by atoms with van der Waals surface area (Å²) in [5.41, 5.74) is 3.00. The quantitative estimate of drug-likeness (QED) is 0.929. The molecule has 1 saturated heterocycles. The molecule has 120 valence electrons. The second-order valence-corrected chi connectivity index (χ2v) is 6.35. The number of pyridine rings is 1. The van der Waals surface area contributed by atoms with Crippen LogP contribution >= 0.6 is 11.6 Å². The lowest BCUT2D eigenvalue weighted by Gasteiger charge is -2.33. The molecule has 1 fully saturated rings. The maximum absolute atomic E-state index is 12.5. The van der Waals surface area contributed by atoms with Crippen LogP contribution in [0.2, 0.25) is 5.02 Å². The smallest absolute Gasteiger partial charge is 0.227 e. The highest BCUT2D eigenvalue weighted by Crippen LogP contribution is 2.25. The van der Waals surface area contributed by atoms with E-state index in [1.807, 2.05) is 31.2 Å². The first kappa shape index (κ1) is 15.8. The fourth-order valence-electron chi connectivity index (χ4n) is 2.92. The average Bonchev–Trinajstić information content (AvgIpc) is 2.59. The van der Waals surface area contributed by atoms with E-state index in [2.05, 4.69) is 15.2 Å². The van der Waals surface area contributed by atoms with Crippen molar-refractivity contribution in [1.82, 2.24) is 4.98 Å². The fraction of sp³-hybridized carbons (Fsp3) is 0.333. The number of carbonyl (C=O) groups excluding carboxylic acids is 1. The zero-order valence-corrected chi connectivity index (χ0v) is 13.9. The fourth-order valence-corrected chi connectivity index (χ4v) is 3.09. The van der Waals surface area contributed by atoms with E-state index in [0.717, 1.165) is 37.2 Å². The topological polar surface area (TPSA) is 45.2 Å². The standard InChI is InChI=1S/C18H20ClN3O/c1-13-2-3-15(19)12-17(13)21-18(23)14-6-10-22(11-7-14)16-4-8-20-9-5-16/h2-5,8-9,12,14H,6-7,10-11H2,1H3,(H,21,23). The van der Waals surface area contributed by atoms with E-state index >= 15 is 0 Å². The Balaban J connectivity index is 1.59. The molecule has 0 bridgehead atoms. The Kier molecular flexibility index (Phi) is 4.82. The molecule has 4 nitrogen and oxygen atoms in total. The van der Waals surface area contributed by atoms with Crippen LogP contribution in [0.1, 0.15) is 18.4 Å². The minimum absolute atomic E-state index is 0.0477. The van der Waals surface area contributed by atoms with Crippen LogP contribution in [0.4, 0.5) is 11.4 Å². The Hall–Kier alpha value is -2.07. The van der Waals surface area contributed by atoms with Crippen LogP contribution in [-0.4, -0.2) is 24.0 Å². The summed E-state index contributed by atoms with van der Waals surface area (Å²) in [4.78, 5) is 18.8. The van der Waals surface area contributed by atoms with Crippen molar-refractivity contribution in [3.8, 4) is 0 Å². The third kappa shape index (κ3) is 3.82. The predicted octanol–water partition coefficient (Wildman–Crippen LogP) is 3.90. The van der Waals surface area contributed by atoms with E-state index in [-0.39, 0.29) is 11.8 Å². The van der Waals surface area contributed by atoms with Crippen molar-refractivity contribution < 1.29 is 4.79 Å². The Bertz CT molecular complexity index is 682. The van der Waals surface area contributed by atoms with Crippen LogP contribution in [0.3, 0.4) is 0 Å². The number of amides is 1. The zero-order chi connectivity index (χ0) is 16.2. The number of carbonyl (C=O) groups is 1. The normalized spacial score (nSPS) is 15.5. The second-order valence-electron chi connectivity index (χ2n) is 5.92. The van der Waals surface area contributed by atoms with Gasteiger partial charge in [0.05, 0.1) is 0 Å². The van der Waals surface area contributed by atoms with Gasteiger partial charge in [0, 0.05) is 47.8 Å². The van der Waals surface area contributed by atoms with Crippen LogP contribution in [-0.2, 0) is 4.79 Å². The molecule has 0 saturated carbocycles. The molecular weight excluding hydrogens is 310 g/mol. The summed E-state index contributed by atoms with van der Waals surface area (Å²) >= 11 is 6.01. The maximum Gasteiger partial charge on any atom is 0.227 e. The Morgan fingerprint density at radius 3 is 2.61 bits per heavy atom. The van der Waals surface area contributed by atoms with Crippen molar-refractivity contribution in [2.24, 2.45) is 5.92 Å². The first-order chi connectivity index (χ1) is 11.1. The molecule has 1 aliphatic rings. The number of rotatable bonds is 3. The highest BCUT2D eigenvalue weighted by molar-refractivity contribution is 6.31. The van der Waals surface area contributed by atoms with E-state index in [0.29, 0.717) is 5.02 Å². The van der Waals surface area contributed by atoms with E-state index in [1.165, 1.54) is 5.69 Å². The van der Waals surface area contributed by atoms with Crippen LogP contribution < -0.4 is 10.2 Å². The van der Waals surface area contributed by atoms with Gasteiger partial charge in [0.25, 0.3) is 0 Å². The van der Waals surface area contributed by atoms with Crippen molar-refractivity contribution in [2.45, 2.75) is 19.8 Å². The number of nitrogens with zero attached hydrogens (tertiary/aromatic N) is 2.